The SMILES string of the molecule is O=C(NN=Cc1nc2ccccc2[nH]1)c1cc([N+](=O)[O-])cc([N+](=O)[O-])c1. The maximum absolute atomic E-state index is 12.1. The molecule has 0 fully saturated rings. The highest BCUT2D eigenvalue weighted by atomic mass is 16.6. The lowest BCUT2D eigenvalue weighted by Crippen LogP contribution is -2.18. The number of benzene rings is 2. The molecular weight excluding hydrogens is 344 g/mol. The molecule has 0 saturated heterocycles. The van der Waals surface area contributed by atoms with Gasteiger partial charge in [-0.05, 0) is 12.1 Å². The third-order valence-corrected chi connectivity index (χ3v) is 3.35. The summed E-state index contributed by atoms with van der Waals surface area (Å²) < 4.78 is 0. The van der Waals surface area contributed by atoms with E-state index in [2.05, 4.69) is 20.5 Å². The number of nitro benzene ring substituents is 2. The summed E-state index contributed by atoms with van der Waals surface area (Å²) in [5, 5.41) is 25.4. The van der Waals surface area contributed by atoms with Gasteiger partial charge in [-0.25, -0.2) is 10.4 Å². The average molecular weight is 354 g/mol. The molecule has 0 aliphatic carbocycles. The van der Waals surface area contributed by atoms with Gasteiger partial charge in [0.25, 0.3) is 17.3 Å². The monoisotopic (exact) mass is 354 g/mol. The van der Waals surface area contributed by atoms with Gasteiger partial charge in [0.05, 0.1) is 38.7 Å². The maximum atomic E-state index is 12.1. The summed E-state index contributed by atoms with van der Waals surface area (Å²) in [6.07, 6.45) is 1.25. The fraction of sp³-hybridized carbons (Fsp3) is 0. The van der Waals surface area contributed by atoms with Gasteiger partial charge in [-0.2, -0.15) is 5.10 Å². The maximum Gasteiger partial charge on any atom is 0.277 e. The van der Waals surface area contributed by atoms with Crippen LogP contribution in [0.1, 0.15) is 16.2 Å². The van der Waals surface area contributed by atoms with Gasteiger partial charge in [0.15, 0.2) is 5.82 Å². The summed E-state index contributed by atoms with van der Waals surface area (Å²) in [6, 6.07) is 9.90. The zero-order valence-corrected chi connectivity index (χ0v) is 12.9. The number of nitro groups is 2. The Hall–Kier alpha value is -4.15. The number of amides is 1. The standard InChI is InChI=1S/C15H10N6O5/c22-15(9-5-10(20(23)24)7-11(6-9)21(25)26)19-16-8-14-17-12-3-1-2-4-13(12)18-14/h1-8H,(H,17,18)(H,19,22). The molecule has 2 aromatic carbocycles. The number of nitrogens with zero attached hydrogens (tertiary/aromatic N) is 4. The van der Waals surface area contributed by atoms with Gasteiger partial charge in [0.1, 0.15) is 0 Å². The molecule has 1 aromatic heterocycles. The van der Waals surface area contributed by atoms with E-state index in [1.165, 1.54) is 6.21 Å². The van der Waals surface area contributed by atoms with E-state index in [0.717, 1.165) is 29.2 Å². The van der Waals surface area contributed by atoms with Crippen LogP contribution in [0.5, 0.6) is 0 Å². The van der Waals surface area contributed by atoms with Gasteiger partial charge in [-0.1, -0.05) is 12.1 Å². The summed E-state index contributed by atoms with van der Waals surface area (Å²) in [6.45, 7) is 0. The third kappa shape index (κ3) is 3.51. The fourth-order valence-corrected chi connectivity index (χ4v) is 2.19. The van der Waals surface area contributed by atoms with E-state index in [1.54, 1.807) is 6.07 Å². The second-order valence-electron chi connectivity index (χ2n) is 5.09. The van der Waals surface area contributed by atoms with Crippen LogP contribution in [0.4, 0.5) is 11.4 Å². The molecule has 130 valence electrons. The molecule has 0 aliphatic heterocycles. The molecule has 0 unspecified atom stereocenters. The van der Waals surface area contributed by atoms with Crippen LogP contribution in [-0.2, 0) is 0 Å². The van der Waals surface area contributed by atoms with Crippen LogP contribution in [0.3, 0.4) is 0 Å². The summed E-state index contributed by atoms with van der Waals surface area (Å²) in [5.41, 5.74) is 2.27. The summed E-state index contributed by atoms with van der Waals surface area (Å²) in [4.78, 5) is 39.3. The van der Waals surface area contributed by atoms with Crippen molar-refractivity contribution in [1.82, 2.24) is 15.4 Å². The lowest BCUT2D eigenvalue weighted by Gasteiger charge is -2.00. The summed E-state index contributed by atoms with van der Waals surface area (Å²) in [5.74, 6) is -0.444. The molecule has 0 spiro atoms. The number of nitrogens with one attached hydrogen (secondary N) is 2. The Morgan fingerprint density at radius 2 is 1.77 bits per heavy atom. The van der Waals surface area contributed by atoms with E-state index in [-0.39, 0.29) is 5.56 Å². The smallest absolute Gasteiger partial charge is 0.277 e. The van der Waals surface area contributed by atoms with Crippen LogP contribution in [0.15, 0.2) is 47.6 Å². The minimum Gasteiger partial charge on any atom is -0.337 e. The Balaban J connectivity index is 1.79. The first-order valence-electron chi connectivity index (χ1n) is 7.16. The number of imidazole rings is 1. The molecular formula is C15H10N6O5. The molecule has 0 atom stereocenters. The lowest BCUT2D eigenvalue weighted by atomic mass is 10.1. The van der Waals surface area contributed by atoms with Crippen molar-refractivity contribution in [2.75, 3.05) is 0 Å². The normalized spacial score (nSPS) is 10.9. The van der Waals surface area contributed by atoms with E-state index in [0.29, 0.717) is 5.82 Å². The van der Waals surface area contributed by atoms with Crippen molar-refractivity contribution in [3.8, 4) is 0 Å². The predicted molar refractivity (Wildman–Crippen MR) is 90.9 cm³/mol. The van der Waals surface area contributed by atoms with E-state index >= 15 is 0 Å². The molecule has 2 N–H and O–H groups in total. The van der Waals surface area contributed by atoms with Gasteiger partial charge in [-0.3, -0.25) is 25.0 Å². The minimum absolute atomic E-state index is 0.257. The molecule has 1 heterocycles. The number of hydrogen-bond donors (Lipinski definition) is 2. The number of H-pyrrole nitrogens is 1. The molecule has 0 radical (unpaired) electrons. The second-order valence-corrected chi connectivity index (χ2v) is 5.09. The first-order valence-corrected chi connectivity index (χ1v) is 7.16. The Kier molecular flexibility index (Phi) is 4.34. The second kappa shape index (κ2) is 6.76. The number of hydrogen-bond acceptors (Lipinski definition) is 7. The van der Waals surface area contributed by atoms with Crippen LogP contribution in [0.25, 0.3) is 11.0 Å². The van der Waals surface area contributed by atoms with E-state index in [4.69, 9.17) is 0 Å². The first-order chi connectivity index (χ1) is 12.4. The molecule has 0 saturated carbocycles. The Morgan fingerprint density at radius 3 is 2.38 bits per heavy atom. The summed E-state index contributed by atoms with van der Waals surface area (Å²) >= 11 is 0. The minimum atomic E-state index is -0.829. The molecule has 0 bridgehead atoms. The predicted octanol–water partition coefficient (Wildman–Crippen LogP) is 2.14. The van der Waals surface area contributed by atoms with E-state index in [9.17, 15) is 25.0 Å². The zero-order valence-electron chi connectivity index (χ0n) is 12.9. The number of aromatic amines is 1. The van der Waals surface area contributed by atoms with Crippen molar-refractivity contribution in [3.63, 3.8) is 0 Å². The van der Waals surface area contributed by atoms with Crippen LogP contribution < -0.4 is 5.43 Å². The Labute approximate surface area is 144 Å². The fourth-order valence-electron chi connectivity index (χ4n) is 2.19. The van der Waals surface area contributed by atoms with Crippen molar-refractivity contribution in [3.05, 3.63) is 74.1 Å². The molecule has 11 nitrogen and oxygen atoms in total. The molecule has 3 aromatic rings. The van der Waals surface area contributed by atoms with E-state index < -0.39 is 27.1 Å². The molecule has 0 aliphatic rings. The van der Waals surface area contributed by atoms with Crippen LogP contribution in [0, 0.1) is 20.2 Å². The van der Waals surface area contributed by atoms with Crippen LogP contribution in [-0.4, -0.2) is 31.9 Å². The molecule has 1 amide bonds. The van der Waals surface area contributed by atoms with Crippen LogP contribution >= 0.6 is 0 Å². The molecule has 26 heavy (non-hydrogen) atoms. The van der Waals surface area contributed by atoms with Crippen molar-refractivity contribution in [2.45, 2.75) is 0 Å². The number of aromatic nitrogens is 2. The highest BCUT2D eigenvalue weighted by molar-refractivity contribution is 5.96. The topological polar surface area (TPSA) is 156 Å². The van der Waals surface area contributed by atoms with Crippen molar-refractivity contribution < 1.29 is 14.6 Å². The van der Waals surface area contributed by atoms with E-state index in [1.807, 2.05) is 18.2 Å². The number of hydrazone groups is 1. The van der Waals surface area contributed by atoms with Crippen molar-refractivity contribution >= 4 is 34.5 Å². The number of fused-ring (bicyclic) bond motifs is 1. The summed E-state index contributed by atoms with van der Waals surface area (Å²) in [7, 11) is 0. The van der Waals surface area contributed by atoms with Gasteiger partial charge in [-0.15, -0.1) is 0 Å². The number of para-hydroxylation sites is 2. The van der Waals surface area contributed by atoms with Gasteiger partial charge >= 0.3 is 0 Å². The number of carbonyl (C=O) groups excluding carboxylic acids is 1. The Bertz CT molecular complexity index is 992. The average Bonchev–Trinajstić information content (AvgIpc) is 3.03. The van der Waals surface area contributed by atoms with Crippen molar-refractivity contribution in [1.29, 1.82) is 0 Å². The molecule has 11 heteroatoms. The quantitative estimate of drug-likeness (QED) is 0.406. The highest BCUT2D eigenvalue weighted by Gasteiger charge is 2.19. The van der Waals surface area contributed by atoms with Gasteiger partial charge in [0.2, 0.25) is 0 Å². The number of rotatable bonds is 5. The van der Waals surface area contributed by atoms with Crippen LogP contribution in [0.2, 0.25) is 0 Å². The van der Waals surface area contributed by atoms with Crippen molar-refractivity contribution in [2.24, 2.45) is 5.10 Å². The zero-order chi connectivity index (χ0) is 18.7. The third-order valence-electron chi connectivity index (χ3n) is 3.35. The largest absolute Gasteiger partial charge is 0.337 e. The Morgan fingerprint density at radius 1 is 1.12 bits per heavy atom. The number of carbonyl (C=O) groups is 1. The van der Waals surface area contributed by atoms with Gasteiger partial charge in [0, 0.05) is 12.1 Å². The number of non-ortho nitro benzene ring substituents is 2. The van der Waals surface area contributed by atoms with Gasteiger partial charge < -0.3 is 4.98 Å². The molecule has 3 rings (SSSR count). The highest BCUT2D eigenvalue weighted by Crippen LogP contribution is 2.22. The first kappa shape index (κ1) is 16.7. The lowest BCUT2D eigenvalue weighted by molar-refractivity contribution is -0.394.